The van der Waals surface area contributed by atoms with Gasteiger partial charge in [0, 0.05) is 36.5 Å². The second kappa shape index (κ2) is 6.86. The number of nitrogens with one attached hydrogen (secondary N) is 1. The van der Waals surface area contributed by atoms with Gasteiger partial charge in [-0.05, 0) is 19.4 Å². The Hall–Kier alpha value is -1.14. The maximum Gasteiger partial charge on any atom is 0.243 e. The zero-order valence-corrected chi connectivity index (χ0v) is 12.2. The van der Waals surface area contributed by atoms with E-state index in [1.807, 2.05) is 18.7 Å². The third kappa shape index (κ3) is 3.91. The molecule has 0 saturated carbocycles. The number of carbonyl (C=O) groups is 1. The lowest BCUT2D eigenvalue weighted by Gasteiger charge is -2.35. The Morgan fingerprint density at radius 2 is 2.32 bits per heavy atom. The lowest BCUT2D eigenvalue weighted by atomic mass is 10.2. The molecule has 5 nitrogen and oxygen atoms in total. The summed E-state index contributed by atoms with van der Waals surface area (Å²) in [5.74, 6) is 1.43. The van der Waals surface area contributed by atoms with Crippen molar-refractivity contribution in [2.45, 2.75) is 31.6 Å². The van der Waals surface area contributed by atoms with Crippen molar-refractivity contribution in [2.24, 2.45) is 0 Å². The molecule has 0 radical (unpaired) electrons. The molecule has 1 aliphatic rings. The second-order valence-corrected chi connectivity index (χ2v) is 6.04. The summed E-state index contributed by atoms with van der Waals surface area (Å²) in [6.07, 6.45) is 4.40. The normalized spacial score (nSPS) is 21.9. The molecule has 19 heavy (non-hydrogen) atoms. The van der Waals surface area contributed by atoms with Gasteiger partial charge in [0.15, 0.2) is 0 Å². The highest BCUT2D eigenvalue weighted by atomic mass is 32.2. The molecule has 0 spiro atoms. The molecular weight excluding hydrogens is 260 g/mol. The first-order valence-corrected chi connectivity index (χ1v) is 7.69. The van der Waals surface area contributed by atoms with Crippen molar-refractivity contribution in [3.63, 3.8) is 0 Å². The van der Waals surface area contributed by atoms with Gasteiger partial charge >= 0.3 is 0 Å². The van der Waals surface area contributed by atoms with E-state index in [1.54, 1.807) is 18.5 Å². The lowest BCUT2D eigenvalue weighted by molar-refractivity contribution is -0.120. The quantitative estimate of drug-likeness (QED) is 0.908. The fourth-order valence-electron chi connectivity index (χ4n) is 2.08. The van der Waals surface area contributed by atoms with Gasteiger partial charge in [-0.15, -0.1) is 0 Å². The van der Waals surface area contributed by atoms with Crippen LogP contribution in [0.2, 0.25) is 0 Å². The molecule has 0 aromatic carbocycles. The molecule has 1 aromatic rings. The number of hydrogen-bond acceptors (Lipinski definition) is 5. The summed E-state index contributed by atoms with van der Waals surface area (Å²) in [6, 6.07) is 1.59. The maximum atomic E-state index is 12.2. The molecule has 1 fully saturated rings. The number of thioether (sulfide) groups is 1. The predicted octanol–water partition coefficient (Wildman–Crippen LogP) is 1.63. The van der Waals surface area contributed by atoms with Crippen molar-refractivity contribution in [3.05, 3.63) is 18.5 Å². The van der Waals surface area contributed by atoms with Crippen LogP contribution in [-0.4, -0.2) is 50.9 Å². The minimum absolute atomic E-state index is 0.0343. The summed E-state index contributed by atoms with van der Waals surface area (Å²) in [7, 11) is 0. The Bertz CT molecular complexity index is 414. The molecule has 1 aromatic heterocycles. The molecule has 0 aliphatic carbocycles. The van der Waals surface area contributed by atoms with Crippen LogP contribution in [0, 0.1) is 0 Å². The zero-order valence-electron chi connectivity index (χ0n) is 11.4. The van der Waals surface area contributed by atoms with Gasteiger partial charge in [-0.2, -0.15) is 11.8 Å². The third-order valence-corrected chi connectivity index (χ3v) is 4.73. The molecule has 1 saturated heterocycles. The summed E-state index contributed by atoms with van der Waals surface area (Å²) in [5, 5.41) is 3.40. The third-order valence-electron chi connectivity index (χ3n) is 3.35. The minimum Gasteiger partial charge on any atom is -0.293 e. The first-order valence-electron chi connectivity index (χ1n) is 6.64. The Balaban J connectivity index is 1.91. The molecule has 2 heterocycles. The Kier molecular flexibility index (Phi) is 5.15. The van der Waals surface area contributed by atoms with Gasteiger partial charge in [-0.1, -0.05) is 6.92 Å². The topological polar surface area (TPSA) is 58.1 Å². The summed E-state index contributed by atoms with van der Waals surface area (Å²) < 4.78 is 0. The number of nitrogens with zero attached hydrogens (tertiary/aromatic N) is 3. The number of rotatable bonds is 4. The number of carbonyl (C=O) groups excluding carboxylic acids is 1. The summed E-state index contributed by atoms with van der Waals surface area (Å²) in [5.41, 5.74) is 0. The highest BCUT2D eigenvalue weighted by Gasteiger charge is 2.27. The van der Waals surface area contributed by atoms with E-state index >= 15 is 0 Å². The Morgan fingerprint density at radius 1 is 1.58 bits per heavy atom. The number of amides is 1. The van der Waals surface area contributed by atoms with Crippen LogP contribution < -0.4 is 5.32 Å². The molecular formula is C13H20N4OS. The summed E-state index contributed by atoms with van der Waals surface area (Å²) in [6.45, 7) is 6.08. The maximum absolute atomic E-state index is 12.2. The summed E-state index contributed by atoms with van der Waals surface area (Å²) in [4.78, 5) is 22.4. The molecule has 104 valence electrons. The van der Waals surface area contributed by atoms with Gasteiger partial charge in [0.1, 0.15) is 0 Å². The molecule has 2 rings (SSSR count). The molecule has 1 aliphatic heterocycles. The van der Waals surface area contributed by atoms with E-state index in [0.29, 0.717) is 11.2 Å². The average molecular weight is 280 g/mol. The van der Waals surface area contributed by atoms with Crippen LogP contribution in [0.5, 0.6) is 0 Å². The van der Waals surface area contributed by atoms with E-state index in [9.17, 15) is 4.79 Å². The lowest BCUT2D eigenvalue weighted by Crippen LogP contribution is -2.48. The first-order chi connectivity index (χ1) is 9.20. The average Bonchev–Trinajstić information content (AvgIpc) is 2.47. The SMILES string of the molecule is CC[C@@H]1CN([C@H](C)C(=O)Nc2ncccn2)CCS1. The van der Waals surface area contributed by atoms with E-state index in [-0.39, 0.29) is 11.9 Å². The first kappa shape index (κ1) is 14.3. The van der Waals surface area contributed by atoms with Crippen molar-refractivity contribution in [2.75, 3.05) is 24.2 Å². The molecule has 2 atom stereocenters. The number of aromatic nitrogens is 2. The van der Waals surface area contributed by atoms with Crippen LogP contribution >= 0.6 is 11.8 Å². The van der Waals surface area contributed by atoms with Crippen LogP contribution in [0.15, 0.2) is 18.5 Å². The van der Waals surface area contributed by atoms with Gasteiger partial charge < -0.3 is 0 Å². The van der Waals surface area contributed by atoms with Crippen molar-refractivity contribution < 1.29 is 4.79 Å². The second-order valence-electron chi connectivity index (χ2n) is 4.63. The van der Waals surface area contributed by atoms with Crippen molar-refractivity contribution in [1.29, 1.82) is 0 Å². The van der Waals surface area contributed by atoms with Crippen LogP contribution in [-0.2, 0) is 4.79 Å². The highest BCUT2D eigenvalue weighted by Crippen LogP contribution is 2.22. The van der Waals surface area contributed by atoms with Gasteiger partial charge in [-0.25, -0.2) is 9.97 Å². The van der Waals surface area contributed by atoms with Gasteiger partial charge in [0.25, 0.3) is 0 Å². The van der Waals surface area contributed by atoms with E-state index in [4.69, 9.17) is 0 Å². The standard InChI is InChI=1S/C13H20N4OS/c1-3-11-9-17(7-8-19-11)10(2)12(18)16-13-14-5-4-6-15-13/h4-6,10-11H,3,7-9H2,1-2H3,(H,14,15,16,18)/t10-,11-/m1/s1. The predicted molar refractivity (Wildman–Crippen MR) is 78.2 cm³/mol. The van der Waals surface area contributed by atoms with Gasteiger partial charge in [-0.3, -0.25) is 15.0 Å². The van der Waals surface area contributed by atoms with Crippen LogP contribution in [0.25, 0.3) is 0 Å². The Labute approximate surface area is 118 Å². The smallest absolute Gasteiger partial charge is 0.243 e. The van der Waals surface area contributed by atoms with Gasteiger partial charge in [0.2, 0.25) is 11.9 Å². The summed E-state index contributed by atoms with van der Waals surface area (Å²) >= 11 is 2.00. The van der Waals surface area contributed by atoms with E-state index in [2.05, 4.69) is 27.1 Å². The van der Waals surface area contributed by atoms with Gasteiger partial charge in [0.05, 0.1) is 6.04 Å². The molecule has 0 unspecified atom stereocenters. The highest BCUT2D eigenvalue weighted by molar-refractivity contribution is 8.00. The fraction of sp³-hybridized carbons (Fsp3) is 0.615. The van der Waals surface area contributed by atoms with E-state index in [1.165, 1.54) is 0 Å². The van der Waals surface area contributed by atoms with Crippen LogP contribution in [0.3, 0.4) is 0 Å². The zero-order chi connectivity index (χ0) is 13.7. The van der Waals surface area contributed by atoms with Crippen LogP contribution in [0.1, 0.15) is 20.3 Å². The van der Waals surface area contributed by atoms with Crippen molar-refractivity contribution in [3.8, 4) is 0 Å². The number of hydrogen-bond donors (Lipinski definition) is 1. The van der Waals surface area contributed by atoms with Crippen molar-refractivity contribution >= 4 is 23.6 Å². The minimum atomic E-state index is -0.140. The van der Waals surface area contributed by atoms with Crippen molar-refractivity contribution in [1.82, 2.24) is 14.9 Å². The van der Waals surface area contributed by atoms with E-state index < -0.39 is 0 Å². The van der Waals surface area contributed by atoms with E-state index in [0.717, 1.165) is 25.3 Å². The molecule has 6 heteroatoms. The Morgan fingerprint density at radius 3 is 3.00 bits per heavy atom. The van der Waals surface area contributed by atoms with Crippen LogP contribution in [0.4, 0.5) is 5.95 Å². The molecule has 1 N–H and O–H groups in total. The number of anilines is 1. The molecule has 1 amide bonds. The fourth-order valence-corrected chi connectivity index (χ4v) is 3.29. The molecule has 0 bridgehead atoms. The monoisotopic (exact) mass is 280 g/mol. The largest absolute Gasteiger partial charge is 0.293 e.